The maximum atomic E-state index is 12.2. The van der Waals surface area contributed by atoms with Crippen LogP contribution in [-0.2, 0) is 6.54 Å². The van der Waals surface area contributed by atoms with Gasteiger partial charge in [0.25, 0.3) is 5.91 Å². The predicted molar refractivity (Wildman–Crippen MR) is 99.0 cm³/mol. The molecule has 0 aliphatic carbocycles. The van der Waals surface area contributed by atoms with Crippen LogP contribution < -0.4 is 10.1 Å². The van der Waals surface area contributed by atoms with Gasteiger partial charge in [-0.2, -0.15) is 0 Å². The Hall–Kier alpha value is -2.53. The summed E-state index contributed by atoms with van der Waals surface area (Å²) in [5.41, 5.74) is 1.17. The van der Waals surface area contributed by atoms with Crippen LogP contribution in [0.15, 0.2) is 48.5 Å². The molecule has 0 aliphatic rings. The first kappa shape index (κ1) is 18.8. The second kappa shape index (κ2) is 9.69. The quantitative estimate of drug-likeness (QED) is 0.735. The van der Waals surface area contributed by atoms with Crippen molar-refractivity contribution in [3.05, 3.63) is 59.7 Å². The molecule has 2 N–H and O–H groups in total. The number of carbonyl (C=O) groups excluding carboxylic acids is 1. The number of benzene rings is 2. The van der Waals surface area contributed by atoms with Crippen molar-refractivity contribution < 1.29 is 14.6 Å². The lowest BCUT2D eigenvalue weighted by atomic mass is 10.1. The van der Waals surface area contributed by atoms with Gasteiger partial charge in [0.05, 0.1) is 5.56 Å². The van der Waals surface area contributed by atoms with Crippen molar-refractivity contribution in [2.75, 3.05) is 26.2 Å². The highest BCUT2D eigenvalue weighted by molar-refractivity contribution is 5.96. The van der Waals surface area contributed by atoms with E-state index in [1.165, 1.54) is 6.07 Å². The van der Waals surface area contributed by atoms with E-state index in [4.69, 9.17) is 4.74 Å². The number of para-hydroxylation sites is 2. The van der Waals surface area contributed by atoms with Crippen molar-refractivity contribution >= 4 is 5.91 Å². The molecule has 0 saturated heterocycles. The van der Waals surface area contributed by atoms with E-state index >= 15 is 0 Å². The minimum atomic E-state index is -0.309. The van der Waals surface area contributed by atoms with Gasteiger partial charge in [0.15, 0.2) is 0 Å². The minimum Gasteiger partial charge on any atom is -0.507 e. The smallest absolute Gasteiger partial charge is 0.255 e. The number of phenols is 1. The number of hydrogen-bond donors (Lipinski definition) is 2. The zero-order valence-corrected chi connectivity index (χ0v) is 14.9. The summed E-state index contributed by atoms with van der Waals surface area (Å²) < 4.78 is 5.89. The maximum absolute atomic E-state index is 12.2. The minimum absolute atomic E-state index is 0.0243. The fourth-order valence-corrected chi connectivity index (χ4v) is 2.55. The van der Waals surface area contributed by atoms with Crippen LogP contribution in [0.25, 0.3) is 0 Å². The van der Waals surface area contributed by atoms with E-state index in [0.717, 1.165) is 30.9 Å². The van der Waals surface area contributed by atoms with E-state index in [1.54, 1.807) is 18.2 Å². The molecule has 5 nitrogen and oxygen atoms in total. The molecule has 0 spiro atoms. The molecule has 0 bridgehead atoms. The van der Waals surface area contributed by atoms with Crippen LogP contribution in [0, 0.1) is 0 Å². The Bertz CT molecular complexity index is 684. The summed E-state index contributed by atoms with van der Waals surface area (Å²) in [6, 6.07) is 14.2. The van der Waals surface area contributed by atoms with Gasteiger partial charge in [0, 0.05) is 18.7 Å². The van der Waals surface area contributed by atoms with Gasteiger partial charge in [-0.25, -0.2) is 0 Å². The molecule has 2 aromatic carbocycles. The van der Waals surface area contributed by atoms with Crippen molar-refractivity contribution in [1.29, 1.82) is 0 Å². The number of hydrogen-bond acceptors (Lipinski definition) is 4. The first-order chi connectivity index (χ1) is 12.2. The third-order valence-corrected chi connectivity index (χ3v) is 4.12. The summed E-state index contributed by atoms with van der Waals surface area (Å²) >= 11 is 0. The largest absolute Gasteiger partial charge is 0.507 e. The van der Waals surface area contributed by atoms with Crippen LogP contribution in [0.1, 0.15) is 29.8 Å². The van der Waals surface area contributed by atoms with Crippen LogP contribution in [0.5, 0.6) is 11.5 Å². The molecular weight excluding hydrogens is 316 g/mol. The average Bonchev–Trinajstić information content (AvgIpc) is 2.64. The molecule has 0 heterocycles. The molecule has 0 radical (unpaired) electrons. The third-order valence-electron chi connectivity index (χ3n) is 4.12. The Kier molecular flexibility index (Phi) is 7.29. The van der Waals surface area contributed by atoms with Gasteiger partial charge in [0.2, 0.25) is 0 Å². The number of nitrogens with zero attached hydrogens (tertiary/aromatic N) is 1. The Balaban J connectivity index is 1.94. The second-order valence-electron chi connectivity index (χ2n) is 5.68. The molecule has 1 amide bonds. The first-order valence-electron chi connectivity index (χ1n) is 8.65. The molecule has 0 unspecified atom stereocenters. The first-order valence-corrected chi connectivity index (χ1v) is 8.65. The monoisotopic (exact) mass is 342 g/mol. The number of amides is 1. The normalized spacial score (nSPS) is 10.7. The number of likely N-dealkylation sites (N-methyl/N-ethyl adjacent to an activating group) is 1. The fourth-order valence-electron chi connectivity index (χ4n) is 2.55. The van der Waals surface area contributed by atoms with Crippen LogP contribution in [0.2, 0.25) is 0 Å². The molecule has 0 saturated carbocycles. The number of phenolic OH excluding ortho intramolecular Hbond substituents is 1. The summed E-state index contributed by atoms with van der Waals surface area (Å²) in [5.74, 6) is 0.437. The van der Waals surface area contributed by atoms with Gasteiger partial charge in [0.1, 0.15) is 18.1 Å². The number of carbonyl (C=O) groups is 1. The summed E-state index contributed by atoms with van der Waals surface area (Å²) in [6.45, 7) is 8.07. The summed E-state index contributed by atoms with van der Waals surface area (Å²) in [5, 5.41) is 12.6. The van der Waals surface area contributed by atoms with E-state index < -0.39 is 0 Å². The molecule has 0 fully saturated rings. The number of aromatic hydroxyl groups is 1. The van der Waals surface area contributed by atoms with E-state index in [-0.39, 0.29) is 17.2 Å². The molecule has 5 heteroatoms. The number of rotatable bonds is 9. The third kappa shape index (κ3) is 5.50. The lowest BCUT2D eigenvalue weighted by Crippen LogP contribution is -2.28. The van der Waals surface area contributed by atoms with E-state index in [9.17, 15) is 9.90 Å². The van der Waals surface area contributed by atoms with Gasteiger partial charge < -0.3 is 20.1 Å². The Morgan fingerprint density at radius 3 is 2.48 bits per heavy atom. The van der Waals surface area contributed by atoms with Gasteiger partial charge in [-0.1, -0.05) is 44.2 Å². The molecule has 2 rings (SSSR count). The molecule has 0 atom stereocenters. The molecule has 0 aromatic heterocycles. The van der Waals surface area contributed by atoms with Crippen molar-refractivity contribution in [1.82, 2.24) is 10.2 Å². The van der Waals surface area contributed by atoms with Crippen LogP contribution in [0.4, 0.5) is 0 Å². The Labute approximate surface area is 149 Å². The van der Waals surface area contributed by atoms with Gasteiger partial charge in [-0.3, -0.25) is 4.79 Å². The Morgan fingerprint density at radius 2 is 1.76 bits per heavy atom. The molecule has 134 valence electrons. The van der Waals surface area contributed by atoms with Crippen molar-refractivity contribution in [2.45, 2.75) is 20.4 Å². The zero-order chi connectivity index (χ0) is 18.1. The van der Waals surface area contributed by atoms with Crippen LogP contribution in [-0.4, -0.2) is 42.2 Å². The van der Waals surface area contributed by atoms with Gasteiger partial charge in [-0.05, 0) is 31.3 Å². The van der Waals surface area contributed by atoms with Crippen molar-refractivity contribution in [3.8, 4) is 11.5 Å². The highest BCUT2D eigenvalue weighted by Crippen LogP contribution is 2.19. The summed E-state index contributed by atoms with van der Waals surface area (Å²) in [6.07, 6.45) is 0. The fraction of sp³-hybridized carbons (Fsp3) is 0.350. The average molecular weight is 342 g/mol. The highest BCUT2D eigenvalue weighted by Gasteiger charge is 2.11. The van der Waals surface area contributed by atoms with Crippen LogP contribution >= 0.6 is 0 Å². The SMILES string of the molecule is CCN(CC)CCOc1ccccc1CNC(=O)c1ccccc1O. The van der Waals surface area contributed by atoms with E-state index in [1.807, 2.05) is 24.3 Å². The molecule has 2 aromatic rings. The number of nitrogens with one attached hydrogen (secondary N) is 1. The lowest BCUT2D eigenvalue weighted by Gasteiger charge is -2.19. The molecule has 0 aliphatic heterocycles. The van der Waals surface area contributed by atoms with E-state index in [2.05, 4.69) is 24.1 Å². The maximum Gasteiger partial charge on any atom is 0.255 e. The van der Waals surface area contributed by atoms with Gasteiger partial charge in [-0.15, -0.1) is 0 Å². The Morgan fingerprint density at radius 1 is 1.08 bits per heavy atom. The lowest BCUT2D eigenvalue weighted by molar-refractivity contribution is 0.0948. The molecular formula is C20H26N2O3. The van der Waals surface area contributed by atoms with Gasteiger partial charge >= 0.3 is 0 Å². The standard InChI is InChI=1S/C20H26N2O3/c1-3-22(4-2)13-14-25-19-12-8-5-9-16(19)15-21-20(24)17-10-6-7-11-18(17)23/h5-12,23H,3-4,13-15H2,1-2H3,(H,21,24). The topological polar surface area (TPSA) is 61.8 Å². The molecule has 25 heavy (non-hydrogen) atoms. The summed E-state index contributed by atoms with van der Waals surface area (Å²) in [4.78, 5) is 14.5. The van der Waals surface area contributed by atoms with Crippen molar-refractivity contribution in [3.63, 3.8) is 0 Å². The zero-order valence-electron chi connectivity index (χ0n) is 14.9. The van der Waals surface area contributed by atoms with Crippen molar-refractivity contribution in [2.24, 2.45) is 0 Å². The van der Waals surface area contributed by atoms with E-state index in [0.29, 0.717) is 13.2 Å². The summed E-state index contributed by atoms with van der Waals surface area (Å²) in [7, 11) is 0. The van der Waals surface area contributed by atoms with Crippen LogP contribution in [0.3, 0.4) is 0 Å². The predicted octanol–water partition coefficient (Wildman–Crippen LogP) is 3.04. The second-order valence-corrected chi connectivity index (χ2v) is 5.68. The number of ether oxygens (including phenoxy) is 1. The highest BCUT2D eigenvalue weighted by atomic mass is 16.5.